The molecule has 0 aliphatic carbocycles. The Labute approximate surface area is 70.8 Å². The van der Waals surface area contributed by atoms with Gasteiger partial charge in [0, 0.05) is 0 Å². The normalized spacial score (nSPS) is 11.1. The first-order chi connectivity index (χ1) is 5.34. The molecule has 0 saturated heterocycles. The van der Waals surface area contributed by atoms with Gasteiger partial charge in [0.25, 0.3) is 0 Å². The molecule has 0 fully saturated rings. The van der Waals surface area contributed by atoms with Crippen molar-refractivity contribution < 1.29 is 0 Å². The molecule has 0 amide bonds. The van der Waals surface area contributed by atoms with Crippen LogP contribution in [0.25, 0.3) is 0 Å². The highest BCUT2D eigenvalue weighted by molar-refractivity contribution is 7.47. The monoisotopic (exact) mass is 166 g/mol. The smallest absolute Gasteiger partial charge is 0.0242 e. The van der Waals surface area contributed by atoms with Crippen LogP contribution in [-0.2, 0) is 0 Å². The highest BCUT2D eigenvalue weighted by Crippen LogP contribution is 2.13. The number of benzene rings is 1. The number of rotatable bonds is 3. The van der Waals surface area contributed by atoms with E-state index in [4.69, 9.17) is 0 Å². The summed E-state index contributed by atoms with van der Waals surface area (Å²) in [6, 6.07) is 8.67. The molecule has 0 nitrogen and oxygen atoms in total. The second-order valence-corrected chi connectivity index (χ2v) is 4.13. The van der Waals surface area contributed by atoms with E-state index in [0.717, 1.165) is 8.58 Å². The van der Waals surface area contributed by atoms with Crippen LogP contribution in [0.15, 0.2) is 24.3 Å². The summed E-state index contributed by atoms with van der Waals surface area (Å²) >= 11 is 0. The summed E-state index contributed by atoms with van der Waals surface area (Å²) in [5.41, 5.74) is 1.44. The lowest BCUT2D eigenvalue weighted by Gasteiger charge is -2.02. The first-order valence-electron chi connectivity index (χ1n) is 4.14. The Balaban J connectivity index is 2.62. The van der Waals surface area contributed by atoms with Gasteiger partial charge in [-0.3, -0.25) is 0 Å². The van der Waals surface area contributed by atoms with E-state index in [2.05, 4.69) is 38.1 Å². The van der Waals surface area contributed by atoms with Crippen molar-refractivity contribution in [2.75, 3.05) is 6.16 Å². The van der Waals surface area contributed by atoms with Crippen LogP contribution >= 0.6 is 8.58 Å². The van der Waals surface area contributed by atoms with E-state index in [-0.39, 0.29) is 0 Å². The van der Waals surface area contributed by atoms with Gasteiger partial charge in [-0.15, -0.1) is 0 Å². The first kappa shape index (κ1) is 8.74. The molecule has 11 heavy (non-hydrogen) atoms. The van der Waals surface area contributed by atoms with E-state index < -0.39 is 0 Å². The molecule has 0 aliphatic rings. The minimum atomic E-state index is 1.00. The average Bonchev–Trinajstić information content (AvgIpc) is 2.03. The van der Waals surface area contributed by atoms with E-state index in [1.165, 1.54) is 23.5 Å². The fourth-order valence-electron chi connectivity index (χ4n) is 1.03. The summed E-state index contributed by atoms with van der Waals surface area (Å²) in [5.74, 6) is 0. The summed E-state index contributed by atoms with van der Waals surface area (Å²) in [6.45, 7) is 4.43. The van der Waals surface area contributed by atoms with Crippen molar-refractivity contribution in [3.63, 3.8) is 0 Å². The lowest BCUT2D eigenvalue weighted by atomic mass is 10.2. The van der Waals surface area contributed by atoms with Gasteiger partial charge in [0.2, 0.25) is 0 Å². The van der Waals surface area contributed by atoms with Crippen molar-refractivity contribution in [2.45, 2.75) is 20.3 Å². The molecule has 0 radical (unpaired) electrons. The SMILES string of the molecule is CCCPc1ccccc1C. The largest absolute Gasteiger partial charge is 0.0901 e. The van der Waals surface area contributed by atoms with Gasteiger partial charge in [-0.2, -0.15) is 0 Å². The highest BCUT2D eigenvalue weighted by atomic mass is 31.1. The van der Waals surface area contributed by atoms with Crippen molar-refractivity contribution in [3.8, 4) is 0 Å². The Hall–Kier alpha value is -0.350. The van der Waals surface area contributed by atoms with E-state index in [1.807, 2.05) is 0 Å². The third kappa shape index (κ3) is 2.63. The van der Waals surface area contributed by atoms with Gasteiger partial charge < -0.3 is 0 Å². The maximum atomic E-state index is 2.24. The molecule has 0 N–H and O–H groups in total. The molecule has 1 aromatic carbocycles. The molecule has 1 aromatic rings. The fourth-order valence-corrected chi connectivity index (χ4v) is 2.13. The fraction of sp³-hybridized carbons (Fsp3) is 0.400. The first-order valence-corrected chi connectivity index (χ1v) is 5.35. The quantitative estimate of drug-likeness (QED) is 0.605. The molecule has 1 heteroatoms. The van der Waals surface area contributed by atoms with E-state index in [9.17, 15) is 0 Å². The zero-order valence-electron chi connectivity index (χ0n) is 7.22. The van der Waals surface area contributed by atoms with E-state index in [0.29, 0.717) is 0 Å². The topological polar surface area (TPSA) is 0 Å². The number of hydrogen-bond donors (Lipinski definition) is 0. The second kappa shape index (κ2) is 4.51. The predicted octanol–water partition coefficient (Wildman–Crippen LogP) is 2.71. The van der Waals surface area contributed by atoms with Gasteiger partial charge in [-0.05, 0) is 24.0 Å². The molecular weight excluding hydrogens is 151 g/mol. The van der Waals surface area contributed by atoms with Crippen LogP contribution in [0.4, 0.5) is 0 Å². The summed E-state index contributed by atoms with van der Waals surface area (Å²) in [5, 5.41) is 1.54. The molecule has 1 rings (SSSR count). The molecule has 1 unspecified atom stereocenters. The van der Waals surface area contributed by atoms with Gasteiger partial charge in [0.05, 0.1) is 0 Å². The van der Waals surface area contributed by atoms with Crippen molar-refractivity contribution >= 4 is 13.9 Å². The van der Waals surface area contributed by atoms with Crippen molar-refractivity contribution in [1.82, 2.24) is 0 Å². The molecule has 60 valence electrons. The molecule has 0 aromatic heterocycles. The summed E-state index contributed by atoms with van der Waals surface area (Å²) in [4.78, 5) is 0. The second-order valence-electron chi connectivity index (χ2n) is 2.74. The van der Waals surface area contributed by atoms with Crippen LogP contribution < -0.4 is 5.30 Å². The maximum Gasteiger partial charge on any atom is -0.0242 e. The summed E-state index contributed by atoms with van der Waals surface area (Å²) < 4.78 is 0. The van der Waals surface area contributed by atoms with Gasteiger partial charge in [-0.1, -0.05) is 46.2 Å². The molecule has 0 spiro atoms. The number of aryl methyl sites for hydroxylation is 1. The van der Waals surface area contributed by atoms with Crippen molar-refractivity contribution in [1.29, 1.82) is 0 Å². The van der Waals surface area contributed by atoms with Crippen molar-refractivity contribution in [2.24, 2.45) is 0 Å². The van der Waals surface area contributed by atoms with Crippen LogP contribution in [0.1, 0.15) is 18.9 Å². The standard InChI is InChI=1S/C10H15P/c1-3-8-11-10-7-5-4-6-9(10)2/h4-7,11H,3,8H2,1-2H3. The summed E-state index contributed by atoms with van der Waals surface area (Å²) in [6.07, 6.45) is 2.64. The molecule has 1 atom stereocenters. The Kier molecular flexibility index (Phi) is 3.59. The van der Waals surface area contributed by atoms with Crippen LogP contribution in [0.3, 0.4) is 0 Å². The third-order valence-electron chi connectivity index (χ3n) is 1.71. The molecule has 0 heterocycles. The zero-order valence-corrected chi connectivity index (χ0v) is 8.22. The Morgan fingerprint density at radius 3 is 2.64 bits per heavy atom. The van der Waals surface area contributed by atoms with Gasteiger partial charge >= 0.3 is 0 Å². The average molecular weight is 166 g/mol. The van der Waals surface area contributed by atoms with Gasteiger partial charge in [-0.25, -0.2) is 0 Å². The van der Waals surface area contributed by atoms with Crippen LogP contribution in [-0.4, -0.2) is 6.16 Å². The number of hydrogen-bond acceptors (Lipinski definition) is 0. The Bertz CT molecular complexity index is 218. The maximum absolute atomic E-state index is 2.24. The van der Waals surface area contributed by atoms with Crippen LogP contribution in [0, 0.1) is 6.92 Å². The van der Waals surface area contributed by atoms with Gasteiger partial charge in [0.15, 0.2) is 0 Å². The predicted molar refractivity (Wildman–Crippen MR) is 54.3 cm³/mol. The molecular formula is C10H15P. The lowest BCUT2D eigenvalue weighted by molar-refractivity contribution is 1.10. The Morgan fingerprint density at radius 2 is 2.00 bits per heavy atom. The van der Waals surface area contributed by atoms with E-state index in [1.54, 1.807) is 0 Å². The third-order valence-corrected chi connectivity index (χ3v) is 3.40. The molecule has 0 saturated carbocycles. The van der Waals surface area contributed by atoms with Gasteiger partial charge in [0.1, 0.15) is 0 Å². The minimum Gasteiger partial charge on any atom is -0.0901 e. The lowest BCUT2D eigenvalue weighted by Crippen LogP contribution is -1.99. The summed E-state index contributed by atoms with van der Waals surface area (Å²) in [7, 11) is 1.00. The highest BCUT2D eigenvalue weighted by Gasteiger charge is 1.93. The van der Waals surface area contributed by atoms with Crippen LogP contribution in [0.5, 0.6) is 0 Å². The molecule has 0 bridgehead atoms. The minimum absolute atomic E-state index is 1.00. The zero-order chi connectivity index (χ0) is 8.10. The Morgan fingerprint density at radius 1 is 1.27 bits per heavy atom. The molecule has 0 aliphatic heterocycles. The van der Waals surface area contributed by atoms with E-state index >= 15 is 0 Å². The van der Waals surface area contributed by atoms with Crippen LogP contribution in [0.2, 0.25) is 0 Å². The van der Waals surface area contributed by atoms with Crippen molar-refractivity contribution in [3.05, 3.63) is 29.8 Å².